The Morgan fingerprint density at radius 2 is 2.07 bits per heavy atom. The summed E-state index contributed by atoms with van der Waals surface area (Å²) in [7, 11) is 0. The zero-order valence-corrected chi connectivity index (χ0v) is 8.77. The summed E-state index contributed by atoms with van der Waals surface area (Å²) in [6.45, 7) is 1.99. The molecule has 2 aromatic rings. The number of aliphatic hydroxyl groups excluding tert-OH is 1. The van der Waals surface area contributed by atoms with E-state index in [9.17, 15) is 5.11 Å². The van der Waals surface area contributed by atoms with Crippen molar-refractivity contribution in [2.75, 3.05) is 0 Å². The van der Waals surface area contributed by atoms with Gasteiger partial charge in [-0.2, -0.15) is 0 Å². The molecule has 0 aliphatic carbocycles. The van der Waals surface area contributed by atoms with Crippen LogP contribution in [-0.2, 0) is 13.0 Å². The van der Waals surface area contributed by atoms with Crippen LogP contribution in [-0.4, -0.2) is 10.2 Å². The first-order chi connectivity index (χ1) is 6.76. The first-order valence-electron chi connectivity index (χ1n) is 4.59. The third-order valence-corrected chi connectivity index (χ3v) is 3.40. The van der Waals surface area contributed by atoms with E-state index in [2.05, 4.69) is 12.3 Å². The topological polar surface area (TPSA) is 40.5 Å². The molecule has 0 aliphatic heterocycles. The van der Waals surface area contributed by atoms with Crippen molar-refractivity contribution >= 4 is 21.4 Å². The van der Waals surface area contributed by atoms with Crippen molar-refractivity contribution in [3.05, 3.63) is 28.6 Å². The smallest absolute Gasteiger partial charge is 0.121 e. The molecule has 74 valence electrons. The minimum atomic E-state index is -0.110. The standard InChI is InChI=1S/C11H12O2S/c1-2-7-6-14-11-3-8(5-12)10(13)4-9(7)11/h3-4,6,12-13H,2,5H2,1H3. The molecule has 2 N–H and O–H groups in total. The van der Waals surface area contributed by atoms with Crippen molar-refractivity contribution in [2.45, 2.75) is 20.0 Å². The molecule has 2 nitrogen and oxygen atoms in total. The first-order valence-corrected chi connectivity index (χ1v) is 5.47. The molecule has 14 heavy (non-hydrogen) atoms. The lowest BCUT2D eigenvalue weighted by atomic mass is 10.1. The lowest BCUT2D eigenvalue weighted by Crippen LogP contribution is -1.84. The van der Waals surface area contributed by atoms with Crippen molar-refractivity contribution < 1.29 is 10.2 Å². The third-order valence-electron chi connectivity index (χ3n) is 2.41. The quantitative estimate of drug-likeness (QED) is 0.796. The highest BCUT2D eigenvalue weighted by molar-refractivity contribution is 7.17. The summed E-state index contributed by atoms with van der Waals surface area (Å²) in [6, 6.07) is 3.60. The molecule has 1 aromatic carbocycles. The Morgan fingerprint density at radius 3 is 2.71 bits per heavy atom. The summed E-state index contributed by atoms with van der Waals surface area (Å²) in [6.07, 6.45) is 0.970. The van der Waals surface area contributed by atoms with Gasteiger partial charge in [0.05, 0.1) is 6.61 Å². The number of aryl methyl sites for hydroxylation is 1. The highest BCUT2D eigenvalue weighted by Crippen LogP contribution is 2.32. The summed E-state index contributed by atoms with van der Waals surface area (Å²) in [5.41, 5.74) is 1.85. The Morgan fingerprint density at radius 1 is 1.29 bits per heavy atom. The summed E-state index contributed by atoms with van der Waals surface area (Å²) < 4.78 is 1.13. The molecule has 1 heterocycles. The number of hydrogen-bond donors (Lipinski definition) is 2. The van der Waals surface area contributed by atoms with Crippen molar-refractivity contribution in [1.29, 1.82) is 0 Å². The molecule has 1 aromatic heterocycles. The van der Waals surface area contributed by atoms with Crippen LogP contribution < -0.4 is 0 Å². The van der Waals surface area contributed by atoms with E-state index in [1.807, 2.05) is 6.07 Å². The predicted molar refractivity (Wildman–Crippen MR) is 58.8 cm³/mol. The molecule has 0 unspecified atom stereocenters. The lowest BCUT2D eigenvalue weighted by Gasteiger charge is -2.01. The number of rotatable bonds is 2. The van der Waals surface area contributed by atoms with E-state index in [0.29, 0.717) is 5.56 Å². The van der Waals surface area contributed by atoms with E-state index in [-0.39, 0.29) is 12.4 Å². The van der Waals surface area contributed by atoms with Crippen molar-refractivity contribution in [1.82, 2.24) is 0 Å². The Balaban J connectivity index is 2.69. The van der Waals surface area contributed by atoms with Crippen LogP contribution in [0.4, 0.5) is 0 Å². The maximum atomic E-state index is 9.59. The van der Waals surface area contributed by atoms with Gasteiger partial charge in [0.1, 0.15) is 5.75 Å². The van der Waals surface area contributed by atoms with E-state index in [1.54, 1.807) is 17.4 Å². The molecule has 0 radical (unpaired) electrons. The fourth-order valence-electron chi connectivity index (χ4n) is 1.56. The van der Waals surface area contributed by atoms with Gasteiger partial charge >= 0.3 is 0 Å². The Hall–Kier alpha value is -1.06. The number of phenols is 1. The van der Waals surface area contributed by atoms with Gasteiger partial charge in [0.15, 0.2) is 0 Å². The van der Waals surface area contributed by atoms with E-state index in [0.717, 1.165) is 16.5 Å². The fraction of sp³-hybridized carbons (Fsp3) is 0.273. The van der Waals surface area contributed by atoms with Crippen molar-refractivity contribution in [3.8, 4) is 5.75 Å². The molecule has 0 saturated carbocycles. The molecular formula is C11H12O2S. The normalized spacial score (nSPS) is 11.0. The van der Waals surface area contributed by atoms with Crippen LogP contribution in [0.25, 0.3) is 10.1 Å². The van der Waals surface area contributed by atoms with E-state index < -0.39 is 0 Å². The second-order valence-corrected chi connectivity index (χ2v) is 4.16. The molecule has 0 spiro atoms. The Labute approximate surface area is 86.4 Å². The minimum absolute atomic E-state index is 0.110. The molecule has 2 rings (SSSR count). The SMILES string of the molecule is CCc1csc2cc(CO)c(O)cc12. The van der Waals surface area contributed by atoms with Crippen LogP contribution in [0.5, 0.6) is 5.75 Å². The number of thiophene rings is 1. The van der Waals surface area contributed by atoms with Gasteiger partial charge in [-0.25, -0.2) is 0 Å². The molecule has 0 bridgehead atoms. The zero-order valence-electron chi connectivity index (χ0n) is 7.95. The summed E-state index contributed by atoms with van der Waals surface area (Å²) in [5, 5.41) is 21.8. The van der Waals surface area contributed by atoms with Gasteiger partial charge in [0.25, 0.3) is 0 Å². The molecular weight excluding hydrogens is 196 g/mol. The third kappa shape index (κ3) is 1.38. The monoisotopic (exact) mass is 208 g/mol. The molecule has 0 amide bonds. The van der Waals surface area contributed by atoms with Gasteiger partial charge in [-0.05, 0) is 34.9 Å². The molecule has 0 fully saturated rings. The number of fused-ring (bicyclic) bond motifs is 1. The zero-order chi connectivity index (χ0) is 10.1. The molecule has 0 saturated heterocycles. The van der Waals surface area contributed by atoms with E-state index >= 15 is 0 Å². The van der Waals surface area contributed by atoms with E-state index in [1.165, 1.54) is 5.56 Å². The Kier molecular flexibility index (Phi) is 2.44. The first kappa shape index (κ1) is 9.49. The molecule has 3 heteroatoms. The lowest BCUT2D eigenvalue weighted by molar-refractivity contribution is 0.276. The minimum Gasteiger partial charge on any atom is -0.508 e. The fourth-order valence-corrected chi connectivity index (χ4v) is 2.65. The average Bonchev–Trinajstić information content (AvgIpc) is 2.58. The van der Waals surface area contributed by atoms with Gasteiger partial charge in [-0.15, -0.1) is 11.3 Å². The van der Waals surface area contributed by atoms with Crippen LogP contribution in [0.15, 0.2) is 17.5 Å². The maximum absolute atomic E-state index is 9.59. The van der Waals surface area contributed by atoms with Crippen molar-refractivity contribution in [3.63, 3.8) is 0 Å². The largest absolute Gasteiger partial charge is 0.508 e. The summed E-state index contributed by atoms with van der Waals surface area (Å²) in [5.74, 6) is 0.188. The summed E-state index contributed by atoms with van der Waals surface area (Å²) >= 11 is 1.65. The highest BCUT2D eigenvalue weighted by atomic mass is 32.1. The van der Waals surface area contributed by atoms with Crippen LogP contribution in [0.2, 0.25) is 0 Å². The van der Waals surface area contributed by atoms with Crippen LogP contribution >= 0.6 is 11.3 Å². The van der Waals surface area contributed by atoms with Crippen LogP contribution in [0.1, 0.15) is 18.1 Å². The molecule has 0 atom stereocenters. The average molecular weight is 208 g/mol. The van der Waals surface area contributed by atoms with Gasteiger partial charge < -0.3 is 10.2 Å². The number of aromatic hydroxyl groups is 1. The van der Waals surface area contributed by atoms with Gasteiger partial charge in [0, 0.05) is 10.3 Å². The summed E-state index contributed by atoms with van der Waals surface area (Å²) in [4.78, 5) is 0. The second kappa shape index (κ2) is 3.59. The van der Waals surface area contributed by atoms with Gasteiger partial charge in [0.2, 0.25) is 0 Å². The molecule has 0 aliphatic rings. The van der Waals surface area contributed by atoms with Gasteiger partial charge in [-0.3, -0.25) is 0 Å². The second-order valence-electron chi connectivity index (χ2n) is 3.25. The van der Waals surface area contributed by atoms with Gasteiger partial charge in [-0.1, -0.05) is 6.92 Å². The number of aliphatic hydroxyl groups is 1. The van der Waals surface area contributed by atoms with Crippen LogP contribution in [0, 0.1) is 0 Å². The number of benzene rings is 1. The Bertz CT molecular complexity index is 460. The van der Waals surface area contributed by atoms with Crippen molar-refractivity contribution in [2.24, 2.45) is 0 Å². The number of hydrogen-bond acceptors (Lipinski definition) is 3. The highest BCUT2D eigenvalue weighted by Gasteiger charge is 2.07. The maximum Gasteiger partial charge on any atom is 0.121 e. The van der Waals surface area contributed by atoms with E-state index in [4.69, 9.17) is 5.11 Å². The van der Waals surface area contributed by atoms with Crippen LogP contribution in [0.3, 0.4) is 0 Å². The predicted octanol–water partition coefficient (Wildman–Crippen LogP) is 2.66.